The van der Waals surface area contributed by atoms with Crippen LogP contribution >= 0.6 is 11.6 Å². The highest BCUT2D eigenvalue weighted by molar-refractivity contribution is 7.92. The van der Waals surface area contributed by atoms with E-state index in [0.29, 0.717) is 0 Å². The second-order valence-corrected chi connectivity index (χ2v) is 7.92. The standard InChI is InChI=1S/C19H18ClN3O2S/c1-13-6-5-7-14(2)19(13)22-15-10-11-18(21-12-15)23-26(24,25)17-9-4-3-8-16(17)20/h3-12,22H,1-2H3,(H,21,23). The van der Waals surface area contributed by atoms with E-state index < -0.39 is 10.0 Å². The van der Waals surface area contributed by atoms with Gasteiger partial charge in [0, 0.05) is 5.69 Å². The Bertz CT molecular complexity index is 1010. The molecular weight excluding hydrogens is 370 g/mol. The Morgan fingerprint density at radius 1 is 0.923 bits per heavy atom. The second-order valence-electron chi connectivity index (χ2n) is 5.86. The first-order valence-corrected chi connectivity index (χ1v) is 9.79. The summed E-state index contributed by atoms with van der Waals surface area (Å²) in [6.45, 7) is 4.05. The van der Waals surface area contributed by atoms with Crippen LogP contribution in [0.2, 0.25) is 5.02 Å². The number of anilines is 3. The molecule has 1 aromatic heterocycles. The molecule has 3 aromatic rings. The minimum atomic E-state index is -3.79. The van der Waals surface area contributed by atoms with E-state index >= 15 is 0 Å². The Kier molecular flexibility index (Phi) is 5.15. The molecule has 0 aliphatic heterocycles. The molecule has 5 nitrogen and oxygen atoms in total. The maximum absolute atomic E-state index is 12.4. The topological polar surface area (TPSA) is 71.1 Å². The van der Waals surface area contributed by atoms with Crippen LogP contribution in [-0.4, -0.2) is 13.4 Å². The number of aromatic nitrogens is 1. The van der Waals surface area contributed by atoms with Crippen molar-refractivity contribution in [1.82, 2.24) is 4.98 Å². The molecule has 7 heteroatoms. The van der Waals surface area contributed by atoms with Crippen LogP contribution in [0.5, 0.6) is 0 Å². The van der Waals surface area contributed by atoms with E-state index in [1.807, 2.05) is 32.0 Å². The summed E-state index contributed by atoms with van der Waals surface area (Å²) in [5, 5.41) is 3.47. The molecule has 0 amide bonds. The van der Waals surface area contributed by atoms with Crippen molar-refractivity contribution < 1.29 is 8.42 Å². The number of nitrogens with zero attached hydrogens (tertiary/aromatic N) is 1. The molecule has 2 aromatic carbocycles. The highest BCUT2D eigenvalue weighted by Crippen LogP contribution is 2.26. The molecule has 0 saturated carbocycles. The minimum Gasteiger partial charge on any atom is -0.354 e. The molecular formula is C19H18ClN3O2S. The molecule has 0 spiro atoms. The third-order valence-corrected chi connectivity index (χ3v) is 5.73. The maximum Gasteiger partial charge on any atom is 0.264 e. The Labute approximate surface area is 158 Å². The molecule has 0 bridgehead atoms. The summed E-state index contributed by atoms with van der Waals surface area (Å²) in [5.41, 5.74) is 4.02. The van der Waals surface area contributed by atoms with Gasteiger partial charge in [0.05, 0.1) is 16.9 Å². The fourth-order valence-electron chi connectivity index (χ4n) is 2.54. The first kappa shape index (κ1) is 18.2. The van der Waals surface area contributed by atoms with Crippen molar-refractivity contribution in [2.24, 2.45) is 0 Å². The Morgan fingerprint density at radius 2 is 1.62 bits per heavy atom. The van der Waals surface area contributed by atoms with Crippen molar-refractivity contribution >= 4 is 38.8 Å². The number of aryl methyl sites for hydroxylation is 2. The van der Waals surface area contributed by atoms with Crippen LogP contribution in [-0.2, 0) is 10.0 Å². The normalized spacial score (nSPS) is 11.2. The van der Waals surface area contributed by atoms with Gasteiger partial charge in [-0.15, -0.1) is 0 Å². The molecule has 26 heavy (non-hydrogen) atoms. The smallest absolute Gasteiger partial charge is 0.264 e. The molecule has 134 valence electrons. The van der Waals surface area contributed by atoms with Gasteiger partial charge in [-0.2, -0.15) is 0 Å². The molecule has 0 aliphatic carbocycles. The van der Waals surface area contributed by atoms with E-state index in [1.54, 1.807) is 30.5 Å². The number of rotatable bonds is 5. The highest BCUT2D eigenvalue weighted by atomic mass is 35.5. The predicted molar refractivity (Wildman–Crippen MR) is 106 cm³/mol. The van der Waals surface area contributed by atoms with Gasteiger partial charge in [0.25, 0.3) is 10.0 Å². The summed E-state index contributed by atoms with van der Waals surface area (Å²) in [4.78, 5) is 4.19. The van der Waals surface area contributed by atoms with Gasteiger partial charge in [0.2, 0.25) is 0 Å². The van der Waals surface area contributed by atoms with Gasteiger partial charge in [0.1, 0.15) is 10.7 Å². The van der Waals surface area contributed by atoms with Gasteiger partial charge in [-0.05, 0) is 49.2 Å². The summed E-state index contributed by atoms with van der Waals surface area (Å²) in [5.74, 6) is 0.219. The van der Waals surface area contributed by atoms with Gasteiger partial charge in [-0.1, -0.05) is 41.9 Å². The predicted octanol–water partition coefficient (Wildman–Crippen LogP) is 4.90. The van der Waals surface area contributed by atoms with E-state index in [-0.39, 0.29) is 15.7 Å². The summed E-state index contributed by atoms with van der Waals surface area (Å²) in [6, 6.07) is 15.7. The SMILES string of the molecule is Cc1cccc(C)c1Nc1ccc(NS(=O)(=O)c2ccccc2Cl)nc1. The van der Waals surface area contributed by atoms with Crippen molar-refractivity contribution in [3.63, 3.8) is 0 Å². The van der Waals surface area contributed by atoms with Gasteiger partial charge in [-0.25, -0.2) is 13.4 Å². The Morgan fingerprint density at radius 3 is 2.23 bits per heavy atom. The zero-order valence-corrected chi connectivity index (χ0v) is 15.9. The summed E-state index contributed by atoms with van der Waals surface area (Å²) in [6.07, 6.45) is 1.58. The van der Waals surface area contributed by atoms with Crippen LogP contribution in [0.25, 0.3) is 0 Å². The van der Waals surface area contributed by atoms with Gasteiger partial charge >= 0.3 is 0 Å². The van der Waals surface area contributed by atoms with E-state index in [9.17, 15) is 8.42 Å². The molecule has 0 atom stereocenters. The lowest BCUT2D eigenvalue weighted by Gasteiger charge is -2.13. The number of benzene rings is 2. The van der Waals surface area contributed by atoms with E-state index in [1.165, 1.54) is 12.1 Å². The van der Waals surface area contributed by atoms with Crippen molar-refractivity contribution in [1.29, 1.82) is 0 Å². The van der Waals surface area contributed by atoms with Gasteiger partial charge in [0.15, 0.2) is 0 Å². The van der Waals surface area contributed by atoms with Gasteiger partial charge in [-0.3, -0.25) is 4.72 Å². The van der Waals surface area contributed by atoms with Crippen LogP contribution in [0.15, 0.2) is 65.7 Å². The van der Waals surface area contributed by atoms with Crippen molar-refractivity contribution in [3.8, 4) is 0 Å². The molecule has 0 saturated heterocycles. The minimum absolute atomic E-state index is 0.0150. The third-order valence-electron chi connectivity index (χ3n) is 3.88. The number of hydrogen-bond donors (Lipinski definition) is 2. The zero-order chi connectivity index (χ0) is 18.7. The summed E-state index contributed by atoms with van der Waals surface area (Å²) < 4.78 is 27.3. The molecule has 0 aliphatic rings. The Balaban J connectivity index is 1.79. The van der Waals surface area contributed by atoms with E-state index in [0.717, 1.165) is 22.5 Å². The molecule has 0 radical (unpaired) electrons. The molecule has 0 unspecified atom stereocenters. The number of sulfonamides is 1. The average molecular weight is 388 g/mol. The quantitative estimate of drug-likeness (QED) is 0.653. The molecule has 0 fully saturated rings. The summed E-state index contributed by atoms with van der Waals surface area (Å²) >= 11 is 5.97. The summed E-state index contributed by atoms with van der Waals surface area (Å²) in [7, 11) is -3.79. The third kappa shape index (κ3) is 3.98. The van der Waals surface area contributed by atoms with E-state index in [4.69, 9.17) is 11.6 Å². The van der Waals surface area contributed by atoms with Crippen molar-refractivity contribution in [2.45, 2.75) is 18.7 Å². The monoisotopic (exact) mass is 387 g/mol. The van der Waals surface area contributed by atoms with Crippen molar-refractivity contribution in [3.05, 3.63) is 76.9 Å². The number of halogens is 1. The van der Waals surface area contributed by atoms with Gasteiger partial charge < -0.3 is 5.32 Å². The number of pyridine rings is 1. The van der Waals surface area contributed by atoms with E-state index in [2.05, 4.69) is 15.0 Å². The first-order chi connectivity index (χ1) is 12.4. The average Bonchev–Trinajstić information content (AvgIpc) is 2.60. The fraction of sp³-hybridized carbons (Fsp3) is 0.105. The largest absolute Gasteiger partial charge is 0.354 e. The lowest BCUT2D eigenvalue weighted by atomic mass is 10.1. The highest BCUT2D eigenvalue weighted by Gasteiger charge is 2.18. The maximum atomic E-state index is 12.4. The molecule has 3 rings (SSSR count). The van der Waals surface area contributed by atoms with Crippen LogP contribution in [0.4, 0.5) is 17.2 Å². The lowest BCUT2D eigenvalue weighted by molar-refractivity contribution is 0.601. The lowest BCUT2D eigenvalue weighted by Crippen LogP contribution is -2.14. The van der Waals surface area contributed by atoms with Crippen LogP contribution in [0.1, 0.15) is 11.1 Å². The van der Waals surface area contributed by atoms with Crippen LogP contribution < -0.4 is 10.0 Å². The number of nitrogens with one attached hydrogen (secondary N) is 2. The first-order valence-electron chi connectivity index (χ1n) is 7.93. The second kappa shape index (κ2) is 7.35. The molecule has 1 heterocycles. The molecule has 2 N–H and O–H groups in total. The Hall–Kier alpha value is -2.57. The number of para-hydroxylation sites is 1. The zero-order valence-electron chi connectivity index (χ0n) is 14.3. The van der Waals surface area contributed by atoms with Crippen LogP contribution in [0, 0.1) is 13.8 Å². The van der Waals surface area contributed by atoms with Crippen LogP contribution in [0.3, 0.4) is 0 Å². The van der Waals surface area contributed by atoms with Crippen molar-refractivity contribution in [2.75, 3.05) is 10.0 Å². The fourth-order valence-corrected chi connectivity index (χ4v) is 4.07. The number of hydrogen-bond acceptors (Lipinski definition) is 4.